The third-order valence-corrected chi connectivity index (χ3v) is 4.53. The molecule has 1 amide bonds. The molecule has 0 spiro atoms. The second-order valence-corrected chi connectivity index (χ2v) is 6.85. The fourth-order valence-electron chi connectivity index (χ4n) is 3.09. The fourth-order valence-corrected chi connectivity index (χ4v) is 3.09. The number of hydrogen-bond acceptors (Lipinski definition) is 5. The monoisotopic (exact) mass is 416 g/mol. The minimum absolute atomic E-state index is 0.0683. The summed E-state index contributed by atoms with van der Waals surface area (Å²) < 4.78 is 12.6. The Morgan fingerprint density at radius 1 is 1.23 bits per heavy atom. The lowest BCUT2D eigenvalue weighted by molar-refractivity contribution is -0.112. The van der Waals surface area contributed by atoms with E-state index in [1.807, 2.05) is 51.1 Å². The van der Waals surface area contributed by atoms with E-state index in [2.05, 4.69) is 10.4 Å². The first-order valence-corrected chi connectivity index (χ1v) is 9.83. The summed E-state index contributed by atoms with van der Waals surface area (Å²) in [5.41, 5.74) is 3.17. The predicted molar refractivity (Wildman–Crippen MR) is 119 cm³/mol. The maximum absolute atomic E-state index is 12.9. The molecule has 7 heteroatoms. The minimum Gasteiger partial charge on any atom is -0.492 e. The Morgan fingerprint density at radius 2 is 1.97 bits per heavy atom. The van der Waals surface area contributed by atoms with E-state index in [-0.39, 0.29) is 5.57 Å². The zero-order valence-electron chi connectivity index (χ0n) is 18.0. The number of hydrogen-bond donors (Lipinski definition) is 1. The summed E-state index contributed by atoms with van der Waals surface area (Å²) in [5, 5.41) is 16.9. The maximum atomic E-state index is 12.9. The molecule has 0 saturated carbocycles. The molecular formula is C24H24N4O3. The van der Waals surface area contributed by atoms with Gasteiger partial charge in [0.1, 0.15) is 17.5 Å². The maximum Gasteiger partial charge on any atom is 0.267 e. The van der Waals surface area contributed by atoms with Crippen LogP contribution in [0.2, 0.25) is 0 Å². The second kappa shape index (κ2) is 9.63. The van der Waals surface area contributed by atoms with Crippen molar-refractivity contribution in [2.45, 2.75) is 20.8 Å². The number of carbonyl (C=O) groups excluding carboxylic acids is 1. The van der Waals surface area contributed by atoms with E-state index < -0.39 is 5.91 Å². The van der Waals surface area contributed by atoms with Crippen LogP contribution < -0.4 is 14.8 Å². The highest BCUT2D eigenvalue weighted by molar-refractivity contribution is 6.09. The molecule has 1 heterocycles. The highest BCUT2D eigenvalue weighted by atomic mass is 16.5. The number of ether oxygens (including phenoxy) is 2. The van der Waals surface area contributed by atoms with E-state index in [0.29, 0.717) is 29.5 Å². The highest BCUT2D eigenvalue weighted by Crippen LogP contribution is 2.32. The molecule has 0 aliphatic heterocycles. The second-order valence-electron chi connectivity index (χ2n) is 6.85. The lowest BCUT2D eigenvalue weighted by Crippen LogP contribution is -2.16. The van der Waals surface area contributed by atoms with Crippen molar-refractivity contribution in [3.05, 3.63) is 70.9 Å². The van der Waals surface area contributed by atoms with Gasteiger partial charge in [-0.15, -0.1) is 0 Å². The molecule has 0 atom stereocenters. The minimum atomic E-state index is -0.542. The lowest BCUT2D eigenvalue weighted by Gasteiger charge is -2.12. The quantitative estimate of drug-likeness (QED) is 0.454. The Morgan fingerprint density at radius 3 is 2.61 bits per heavy atom. The third-order valence-electron chi connectivity index (χ3n) is 4.53. The Labute approximate surface area is 181 Å². The Kier molecular flexibility index (Phi) is 6.73. The van der Waals surface area contributed by atoms with Gasteiger partial charge in [0.15, 0.2) is 11.5 Å². The van der Waals surface area contributed by atoms with E-state index in [4.69, 9.17) is 9.47 Å². The van der Waals surface area contributed by atoms with Crippen LogP contribution in [0.5, 0.6) is 11.5 Å². The molecule has 3 rings (SSSR count). The van der Waals surface area contributed by atoms with E-state index in [1.54, 1.807) is 28.9 Å². The average molecular weight is 416 g/mol. The zero-order valence-corrected chi connectivity index (χ0v) is 18.0. The topological polar surface area (TPSA) is 89.2 Å². The molecule has 0 radical (unpaired) electrons. The fraction of sp³-hybridized carbons (Fsp3) is 0.208. The molecule has 1 N–H and O–H groups in total. The van der Waals surface area contributed by atoms with Gasteiger partial charge in [-0.1, -0.05) is 29.8 Å². The SMILES string of the molecule is CCOc1cccc(/C=C(\C#N)C(=O)Nc2cc(C)nn2-c2ccc(C)cc2)c1OC. The number of nitrogens with one attached hydrogen (secondary N) is 1. The smallest absolute Gasteiger partial charge is 0.267 e. The van der Waals surface area contributed by atoms with Crippen LogP contribution in [-0.4, -0.2) is 29.4 Å². The molecule has 158 valence electrons. The van der Waals surface area contributed by atoms with Crippen molar-refractivity contribution in [1.82, 2.24) is 9.78 Å². The summed E-state index contributed by atoms with van der Waals surface area (Å²) in [6.45, 7) is 6.18. The number of benzene rings is 2. The van der Waals surface area contributed by atoms with Gasteiger partial charge < -0.3 is 14.8 Å². The molecule has 31 heavy (non-hydrogen) atoms. The number of methoxy groups -OCH3 is 1. The molecule has 0 unspecified atom stereocenters. The van der Waals surface area contributed by atoms with Gasteiger partial charge in [-0.05, 0) is 45.0 Å². The normalized spacial score (nSPS) is 11.0. The molecule has 0 aliphatic carbocycles. The molecule has 0 fully saturated rings. The molecule has 1 aromatic heterocycles. The molecule has 0 bridgehead atoms. The van der Waals surface area contributed by atoms with Crippen LogP contribution in [0, 0.1) is 25.2 Å². The summed E-state index contributed by atoms with van der Waals surface area (Å²) in [7, 11) is 1.52. The molecule has 0 saturated heterocycles. The van der Waals surface area contributed by atoms with E-state index in [1.165, 1.54) is 13.2 Å². The van der Waals surface area contributed by atoms with Gasteiger partial charge in [-0.25, -0.2) is 4.68 Å². The van der Waals surface area contributed by atoms with Crippen molar-refractivity contribution in [2.24, 2.45) is 0 Å². The van der Waals surface area contributed by atoms with Crippen LogP contribution in [0.4, 0.5) is 5.82 Å². The molecule has 3 aromatic rings. The molecule has 0 aliphatic rings. The number of aryl methyl sites for hydroxylation is 2. The summed E-state index contributed by atoms with van der Waals surface area (Å²) >= 11 is 0. The number of carbonyl (C=O) groups is 1. The molecular weight excluding hydrogens is 392 g/mol. The van der Waals surface area contributed by atoms with Gasteiger partial charge in [-0.3, -0.25) is 4.79 Å². The number of amides is 1. The highest BCUT2D eigenvalue weighted by Gasteiger charge is 2.16. The Hall–Kier alpha value is -4.05. The van der Waals surface area contributed by atoms with Crippen LogP contribution in [0.1, 0.15) is 23.7 Å². The van der Waals surface area contributed by atoms with Gasteiger partial charge >= 0.3 is 0 Å². The van der Waals surface area contributed by atoms with Crippen molar-refractivity contribution in [1.29, 1.82) is 5.26 Å². The number of nitriles is 1. The summed E-state index contributed by atoms with van der Waals surface area (Å²) in [4.78, 5) is 12.9. The zero-order chi connectivity index (χ0) is 22.4. The van der Waals surface area contributed by atoms with E-state index in [9.17, 15) is 10.1 Å². The predicted octanol–water partition coefficient (Wildman–Crippen LogP) is 4.44. The first kappa shape index (κ1) is 21.7. The summed E-state index contributed by atoms with van der Waals surface area (Å²) in [6.07, 6.45) is 1.48. The van der Waals surface area contributed by atoms with Crippen molar-refractivity contribution < 1.29 is 14.3 Å². The van der Waals surface area contributed by atoms with Gasteiger partial charge in [0, 0.05) is 11.6 Å². The average Bonchev–Trinajstić information content (AvgIpc) is 3.12. The molecule has 7 nitrogen and oxygen atoms in total. The largest absolute Gasteiger partial charge is 0.492 e. The van der Waals surface area contributed by atoms with Crippen molar-refractivity contribution in [3.63, 3.8) is 0 Å². The number of nitrogens with zero attached hydrogens (tertiary/aromatic N) is 3. The number of para-hydroxylation sites is 1. The molecule has 2 aromatic carbocycles. The van der Waals surface area contributed by atoms with Gasteiger partial charge in [0.25, 0.3) is 5.91 Å². The van der Waals surface area contributed by atoms with Crippen LogP contribution in [-0.2, 0) is 4.79 Å². The first-order valence-electron chi connectivity index (χ1n) is 9.83. The standard InChI is InChI=1S/C24H24N4O3/c1-5-31-21-8-6-7-18(23(21)30-4)14-19(15-25)24(29)26-22-13-17(3)27-28(22)20-11-9-16(2)10-12-20/h6-14H,5H2,1-4H3,(H,26,29)/b19-14+. The van der Waals surface area contributed by atoms with Crippen molar-refractivity contribution in [2.75, 3.05) is 19.0 Å². The summed E-state index contributed by atoms with van der Waals surface area (Å²) in [5.74, 6) is 0.942. The number of aromatic nitrogens is 2. The van der Waals surface area contributed by atoms with Gasteiger partial charge in [0.05, 0.1) is 25.1 Å². The number of rotatable bonds is 7. The van der Waals surface area contributed by atoms with Crippen LogP contribution in [0.25, 0.3) is 11.8 Å². The third kappa shape index (κ3) is 4.93. The summed E-state index contributed by atoms with van der Waals surface area (Å²) in [6, 6.07) is 16.8. The Bertz CT molecular complexity index is 1150. The first-order chi connectivity index (χ1) is 15.0. The van der Waals surface area contributed by atoms with E-state index >= 15 is 0 Å². The van der Waals surface area contributed by atoms with Crippen molar-refractivity contribution >= 4 is 17.8 Å². The van der Waals surface area contributed by atoms with Gasteiger partial charge in [-0.2, -0.15) is 10.4 Å². The van der Waals surface area contributed by atoms with E-state index in [0.717, 1.165) is 16.9 Å². The number of anilines is 1. The van der Waals surface area contributed by atoms with Crippen molar-refractivity contribution in [3.8, 4) is 23.3 Å². The van der Waals surface area contributed by atoms with Crippen LogP contribution in [0.15, 0.2) is 54.1 Å². The van der Waals surface area contributed by atoms with Crippen LogP contribution >= 0.6 is 0 Å². The van der Waals surface area contributed by atoms with Crippen LogP contribution in [0.3, 0.4) is 0 Å². The Balaban J connectivity index is 1.92. The lowest BCUT2D eigenvalue weighted by atomic mass is 10.1. The van der Waals surface area contributed by atoms with Gasteiger partial charge in [0.2, 0.25) is 0 Å².